The molecule has 0 radical (unpaired) electrons. The third-order valence-electron chi connectivity index (χ3n) is 3.95. The van der Waals surface area contributed by atoms with Crippen LogP contribution >= 0.6 is 0 Å². The van der Waals surface area contributed by atoms with Crippen molar-refractivity contribution >= 4 is 11.8 Å². The van der Waals surface area contributed by atoms with Gasteiger partial charge in [-0.25, -0.2) is 14.2 Å². The van der Waals surface area contributed by atoms with Crippen molar-refractivity contribution < 1.29 is 18.7 Å². The van der Waals surface area contributed by atoms with Crippen LogP contribution in [0.25, 0.3) is 11.4 Å². The number of esters is 1. The van der Waals surface area contributed by atoms with Crippen molar-refractivity contribution in [2.75, 3.05) is 12.3 Å². The molecule has 1 aromatic heterocycles. The number of benzene rings is 1. The van der Waals surface area contributed by atoms with Gasteiger partial charge in [-0.3, -0.25) is 0 Å². The monoisotopic (exact) mass is 356 g/mol. The summed E-state index contributed by atoms with van der Waals surface area (Å²) in [6.45, 7) is 1.82. The quantitative estimate of drug-likeness (QED) is 0.820. The maximum absolute atomic E-state index is 13.1. The van der Waals surface area contributed by atoms with Crippen LogP contribution in [0.5, 0.6) is 5.88 Å². The Morgan fingerprint density at radius 3 is 2.85 bits per heavy atom. The van der Waals surface area contributed by atoms with Crippen LogP contribution in [0.15, 0.2) is 24.3 Å². The summed E-state index contributed by atoms with van der Waals surface area (Å²) < 4.78 is 23.8. The molecule has 0 spiro atoms. The predicted octanol–water partition coefficient (Wildman–Crippen LogP) is 2.65. The van der Waals surface area contributed by atoms with Crippen LogP contribution < -0.4 is 10.5 Å². The number of nitrogens with two attached hydrogens (primary N) is 1. The Morgan fingerprint density at radius 1 is 1.42 bits per heavy atom. The van der Waals surface area contributed by atoms with Crippen LogP contribution in [0.2, 0.25) is 0 Å². The lowest BCUT2D eigenvalue weighted by atomic mass is 9.94. The number of carbonyl (C=O) groups is 1. The van der Waals surface area contributed by atoms with Crippen molar-refractivity contribution in [2.45, 2.75) is 32.0 Å². The molecule has 1 aliphatic rings. The van der Waals surface area contributed by atoms with Gasteiger partial charge in [0.2, 0.25) is 5.88 Å². The average molecular weight is 356 g/mol. The topological polar surface area (TPSA) is 111 Å². The number of aromatic nitrogens is 2. The van der Waals surface area contributed by atoms with Gasteiger partial charge in [-0.05, 0) is 19.1 Å². The zero-order chi connectivity index (χ0) is 18.7. The SMILES string of the molecule is CCOC(=O)c1c(N)nc(-c2cccc(C#N)c2)nc1O[C@H]1C[C@@H](F)C1. The number of nitrogen functional groups attached to an aromatic ring is 1. The molecule has 0 aliphatic heterocycles. The second kappa shape index (κ2) is 7.35. The molecular weight excluding hydrogens is 339 g/mol. The lowest BCUT2D eigenvalue weighted by Crippen LogP contribution is -2.35. The van der Waals surface area contributed by atoms with E-state index in [1.54, 1.807) is 31.2 Å². The van der Waals surface area contributed by atoms with Gasteiger partial charge in [0, 0.05) is 18.4 Å². The van der Waals surface area contributed by atoms with Crippen molar-refractivity contribution in [3.05, 3.63) is 35.4 Å². The normalized spacial score (nSPS) is 18.5. The van der Waals surface area contributed by atoms with Crippen LogP contribution in [-0.4, -0.2) is 34.8 Å². The first kappa shape index (κ1) is 17.6. The standard InChI is InChI=1S/C18H17FN4O3/c1-2-25-18(24)14-15(21)22-16(11-5-3-4-10(6-11)9-20)23-17(14)26-13-7-12(19)8-13/h3-6,12-13H,2,7-8H2,1H3,(H2,21,22,23)/t12-,13+. The van der Waals surface area contributed by atoms with E-state index in [0.717, 1.165) is 0 Å². The molecule has 1 aromatic carbocycles. The summed E-state index contributed by atoms with van der Waals surface area (Å²) in [6, 6.07) is 8.68. The summed E-state index contributed by atoms with van der Waals surface area (Å²) in [5, 5.41) is 9.04. The second-order valence-electron chi connectivity index (χ2n) is 5.83. The highest BCUT2D eigenvalue weighted by atomic mass is 19.1. The first-order valence-corrected chi connectivity index (χ1v) is 8.17. The Labute approximate surface area is 149 Å². The molecule has 1 saturated carbocycles. The fourth-order valence-corrected chi connectivity index (χ4v) is 2.55. The number of rotatable bonds is 5. The molecule has 134 valence electrons. The second-order valence-corrected chi connectivity index (χ2v) is 5.83. The smallest absolute Gasteiger partial charge is 0.347 e. The summed E-state index contributed by atoms with van der Waals surface area (Å²) in [5.41, 5.74) is 6.86. The molecule has 26 heavy (non-hydrogen) atoms. The summed E-state index contributed by atoms with van der Waals surface area (Å²) in [7, 11) is 0. The van der Waals surface area contributed by atoms with Gasteiger partial charge in [0.1, 0.15) is 18.1 Å². The number of halogens is 1. The Bertz CT molecular complexity index is 875. The van der Waals surface area contributed by atoms with Gasteiger partial charge in [0.05, 0.1) is 18.2 Å². The van der Waals surface area contributed by atoms with E-state index in [1.807, 2.05) is 6.07 Å². The highest BCUT2D eigenvalue weighted by Crippen LogP contribution is 2.32. The Kier molecular flexibility index (Phi) is 4.98. The van der Waals surface area contributed by atoms with Gasteiger partial charge in [-0.2, -0.15) is 10.2 Å². The van der Waals surface area contributed by atoms with Crippen molar-refractivity contribution in [3.63, 3.8) is 0 Å². The molecule has 1 heterocycles. The van der Waals surface area contributed by atoms with E-state index in [0.29, 0.717) is 11.1 Å². The highest BCUT2D eigenvalue weighted by molar-refractivity contribution is 5.97. The third kappa shape index (κ3) is 3.57. The maximum Gasteiger partial charge on any atom is 0.347 e. The first-order chi connectivity index (χ1) is 12.5. The number of ether oxygens (including phenoxy) is 2. The van der Waals surface area contributed by atoms with Crippen LogP contribution in [0.3, 0.4) is 0 Å². The van der Waals surface area contributed by atoms with Gasteiger partial charge < -0.3 is 15.2 Å². The Hall–Kier alpha value is -3.21. The maximum atomic E-state index is 13.1. The highest BCUT2D eigenvalue weighted by Gasteiger charge is 2.33. The summed E-state index contributed by atoms with van der Waals surface area (Å²) in [6.07, 6.45) is -0.848. The van der Waals surface area contributed by atoms with Gasteiger partial charge in [0.15, 0.2) is 11.4 Å². The number of hydrogen-bond donors (Lipinski definition) is 1. The number of anilines is 1. The molecule has 2 aromatic rings. The van der Waals surface area contributed by atoms with Crippen molar-refractivity contribution in [1.82, 2.24) is 9.97 Å². The zero-order valence-corrected chi connectivity index (χ0v) is 14.1. The molecule has 0 amide bonds. The Morgan fingerprint density at radius 2 is 2.19 bits per heavy atom. The third-order valence-corrected chi connectivity index (χ3v) is 3.95. The van der Waals surface area contributed by atoms with Crippen LogP contribution in [0.4, 0.5) is 10.2 Å². The fraction of sp³-hybridized carbons (Fsp3) is 0.333. The Balaban J connectivity index is 2.03. The molecule has 1 aliphatic carbocycles. The molecule has 0 atom stereocenters. The van der Waals surface area contributed by atoms with Crippen LogP contribution in [-0.2, 0) is 4.74 Å². The van der Waals surface area contributed by atoms with E-state index in [4.69, 9.17) is 20.5 Å². The summed E-state index contributed by atoms with van der Waals surface area (Å²) in [4.78, 5) is 20.6. The van der Waals surface area contributed by atoms with E-state index in [2.05, 4.69) is 9.97 Å². The number of alkyl halides is 1. The molecule has 0 saturated heterocycles. The summed E-state index contributed by atoms with van der Waals surface area (Å²) >= 11 is 0. The number of nitrogens with zero attached hydrogens (tertiary/aromatic N) is 3. The van der Waals surface area contributed by atoms with Gasteiger partial charge >= 0.3 is 5.97 Å². The van der Waals surface area contributed by atoms with E-state index in [1.165, 1.54) is 0 Å². The molecule has 7 nitrogen and oxygen atoms in total. The lowest BCUT2D eigenvalue weighted by Gasteiger charge is -2.30. The minimum absolute atomic E-state index is 0.0368. The predicted molar refractivity (Wildman–Crippen MR) is 91.1 cm³/mol. The molecule has 2 N–H and O–H groups in total. The number of hydrogen-bond acceptors (Lipinski definition) is 7. The largest absolute Gasteiger partial charge is 0.473 e. The average Bonchev–Trinajstić information content (AvgIpc) is 2.60. The zero-order valence-electron chi connectivity index (χ0n) is 14.1. The van der Waals surface area contributed by atoms with E-state index in [9.17, 15) is 9.18 Å². The van der Waals surface area contributed by atoms with Crippen molar-refractivity contribution in [1.29, 1.82) is 5.26 Å². The molecule has 0 unspecified atom stereocenters. The van der Waals surface area contributed by atoms with E-state index < -0.39 is 12.1 Å². The first-order valence-electron chi connectivity index (χ1n) is 8.17. The minimum Gasteiger partial charge on any atom is -0.473 e. The number of nitriles is 1. The molecular formula is C18H17FN4O3. The molecule has 0 bridgehead atoms. The summed E-state index contributed by atoms with van der Waals surface area (Å²) in [5.74, 6) is -0.626. The van der Waals surface area contributed by atoms with E-state index >= 15 is 0 Å². The van der Waals surface area contributed by atoms with Crippen LogP contribution in [0.1, 0.15) is 35.7 Å². The number of carbonyl (C=O) groups excluding carboxylic acids is 1. The molecule has 8 heteroatoms. The fourth-order valence-electron chi connectivity index (χ4n) is 2.55. The molecule has 3 rings (SSSR count). The van der Waals surface area contributed by atoms with Gasteiger partial charge in [-0.1, -0.05) is 12.1 Å². The van der Waals surface area contributed by atoms with Gasteiger partial charge in [-0.15, -0.1) is 0 Å². The van der Waals surface area contributed by atoms with Crippen molar-refractivity contribution in [2.24, 2.45) is 0 Å². The lowest BCUT2D eigenvalue weighted by molar-refractivity contribution is 0.0343. The van der Waals surface area contributed by atoms with E-state index in [-0.39, 0.29) is 48.6 Å². The molecule has 1 fully saturated rings. The van der Waals surface area contributed by atoms with Crippen LogP contribution in [0, 0.1) is 11.3 Å². The van der Waals surface area contributed by atoms with Gasteiger partial charge in [0.25, 0.3) is 0 Å². The van der Waals surface area contributed by atoms with Crippen molar-refractivity contribution in [3.8, 4) is 23.3 Å². The minimum atomic E-state index is -0.919.